The maximum absolute atomic E-state index is 12.5. The van der Waals surface area contributed by atoms with E-state index < -0.39 is 0 Å². The van der Waals surface area contributed by atoms with Crippen molar-refractivity contribution in [2.45, 2.75) is 19.9 Å². The summed E-state index contributed by atoms with van der Waals surface area (Å²) in [6.45, 7) is 2.53. The van der Waals surface area contributed by atoms with E-state index in [9.17, 15) is 4.79 Å². The molecule has 0 fully saturated rings. The molecule has 3 rings (SSSR count). The molecule has 2 aromatic carbocycles. The molecule has 4 heteroatoms. The summed E-state index contributed by atoms with van der Waals surface area (Å²) in [6.07, 6.45) is 4.04. The Morgan fingerprint density at radius 2 is 2.04 bits per heavy atom. The van der Waals surface area contributed by atoms with Crippen LogP contribution >= 0.6 is 0 Å². The van der Waals surface area contributed by atoms with Gasteiger partial charge in [-0.05, 0) is 29.8 Å². The molecule has 0 aliphatic rings. The van der Waals surface area contributed by atoms with Gasteiger partial charge in [0.25, 0.3) is 0 Å². The van der Waals surface area contributed by atoms with E-state index in [2.05, 4.69) is 6.07 Å². The fraction of sp³-hybridized carbons (Fsp3) is 0.182. The molecule has 0 saturated heterocycles. The van der Waals surface area contributed by atoms with E-state index in [0.717, 1.165) is 34.3 Å². The maximum atomic E-state index is 12.5. The fourth-order valence-corrected chi connectivity index (χ4v) is 2.93. The minimum atomic E-state index is -0.0975. The molecule has 1 amide bonds. The Kier molecular flexibility index (Phi) is 5.19. The van der Waals surface area contributed by atoms with Gasteiger partial charge in [-0.25, -0.2) is 0 Å². The van der Waals surface area contributed by atoms with Gasteiger partial charge in [-0.15, -0.1) is 0 Å². The number of aryl methyl sites for hydroxylation is 1. The normalized spacial score (nSPS) is 11.0. The number of amides is 1. The lowest BCUT2D eigenvalue weighted by Crippen LogP contribution is -2.24. The van der Waals surface area contributed by atoms with Crippen LogP contribution in [0, 0.1) is 11.3 Å². The van der Waals surface area contributed by atoms with Crippen LogP contribution in [0.5, 0.6) is 0 Å². The molecule has 0 spiro atoms. The summed E-state index contributed by atoms with van der Waals surface area (Å²) in [7, 11) is 1.78. The van der Waals surface area contributed by atoms with Crippen molar-refractivity contribution in [2.75, 3.05) is 7.05 Å². The highest BCUT2D eigenvalue weighted by Crippen LogP contribution is 2.27. The second-order valence-corrected chi connectivity index (χ2v) is 6.12. The lowest BCUT2D eigenvalue weighted by atomic mass is 10.1. The second-order valence-electron chi connectivity index (χ2n) is 6.12. The average Bonchev–Trinajstić information content (AvgIpc) is 3.03. The molecule has 26 heavy (non-hydrogen) atoms. The standard InChI is InChI=1S/C22H20N2O2/c1-3-20-19(18-9-4-5-10-21(18)26-20)15-24(2)22(25)12-11-16-7-6-8-17(13-16)14-23/h4-13H,3,15H2,1-2H3/b12-11+. The summed E-state index contributed by atoms with van der Waals surface area (Å²) in [6, 6.07) is 17.1. The summed E-state index contributed by atoms with van der Waals surface area (Å²) in [5, 5.41) is 10.00. The van der Waals surface area contributed by atoms with Crippen molar-refractivity contribution >= 4 is 23.0 Å². The molecule has 0 atom stereocenters. The zero-order chi connectivity index (χ0) is 18.5. The summed E-state index contributed by atoms with van der Waals surface area (Å²) in [5.74, 6) is 0.816. The Labute approximate surface area is 153 Å². The topological polar surface area (TPSA) is 57.2 Å². The highest BCUT2D eigenvalue weighted by atomic mass is 16.3. The predicted octanol–water partition coefficient (Wildman–Crippen LogP) is 4.54. The van der Waals surface area contributed by atoms with Crippen molar-refractivity contribution in [3.8, 4) is 6.07 Å². The molecule has 0 radical (unpaired) electrons. The Bertz CT molecular complexity index is 1010. The van der Waals surface area contributed by atoms with E-state index in [-0.39, 0.29) is 5.91 Å². The molecule has 0 bridgehead atoms. The maximum Gasteiger partial charge on any atom is 0.246 e. The Balaban J connectivity index is 1.77. The summed E-state index contributed by atoms with van der Waals surface area (Å²) in [4.78, 5) is 14.1. The van der Waals surface area contributed by atoms with Crippen LogP contribution < -0.4 is 0 Å². The number of carbonyl (C=O) groups excluding carboxylic acids is 1. The minimum Gasteiger partial charge on any atom is -0.461 e. The number of furan rings is 1. The van der Waals surface area contributed by atoms with Crippen LogP contribution in [0.3, 0.4) is 0 Å². The SMILES string of the molecule is CCc1oc2ccccc2c1CN(C)C(=O)/C=C/c1cccc(C#N)c1. The van der Waals surface area contributed by atoms with Crippen molar-refractivity contribution in [1.82, 2.24) is 4.90 Å². The number of benzene rings is 2. The largest absolute Gasteiger partial charge is 0.461 e. The Morgan fingerprint density at radius 1 is 1.23 bits per heavy atom. The summed E-state index contributed by atoms with van der Waals surface area (Å²) < 4.78 is 5.90. The number of nitriles is 1. The highest BCUT2D eigenvalue weighted by molar-refractivity contribution is 5.92. The molecule has 0 N–H and O–H groups in total. The van der Waals surface area contributed by atoms with Crippen molar-refractivity contribution < 1.29 is 9.21 Å². The lowest BCUT2D eigenvalue weighted by molar-refractivity contribution is -0.125. The fourth-order valence-electron chi connectivity index (χ4n) is 2.93. The van der Waals surface area contributed by atoms with E-state index >= 15 is 0 Å². The second kappa shape index (κ2) is 7.71. The van der Waals surface area contributed by atoms with Crippen molar-refractivity contribution in [3.63, 3.8) is 0 Å². The first kappa shape index (κ1) is 17.5. The zero-order valence-electron chi connectivity index (χ0n) is 14.9. The average molecular weight is 344 g/mol. The van der Waals surface area contributed by atoms with Gasteiger partial charge in [-0.2, -0.15) is 5.26 Å². The number of likely N-dealkylation sites (N-methyl/N-ethyl adjacent to an activating group) is 1. The van der Waals surface area contributed by atoms with E-state index in [4.69, 9.17) is 9.68 Å². The molecule has 0 unspecified atom stereocenters. The number of fused-ring (bicyclic) bond motifs is 1. The van der Waals surface area contributed by atoms with E-state index in [1.807, 2.05) is 37.3 Å². The third-order valence-electron chi connectivity index (χ3n) is 4.31. The molecule has 4 nitrogen and oxygen atoms in total. The quantitative estimate of drug-likeness (QED) is 0.639. The first-order chi connectivity index (χ1) is 12.6. The zero-order valence-corrected chi connectivity index (χ0v) is 14.9. The van der Waals surface area contributed by atoms with Gasteiger partial charge in [0.15, 0.2) is 0 Å². The smallest absolute Gasteiger partial charge is 0.246 e. The van der Waals surface area contributed by atoms with E-state index in [0.29, 0.717) is 12.1 Å². The van der Waals surface area contributed by atoms with Crippen molar-refractivity contribution in [1.29, 1.82) is 5.26 Å². The van der Waals surface area contributed by atoms with Gasteiger partial charge in [0.1, 0.15) is 11.3 Å². The first-order valence-corrected chi connectivity index (χ1v) is 8.55. The van der Waals surface area contributed by atoms with Crippen molar-refractivity contribution in [2.24, 2.45) is 0 Å². The third-order valence-corrected chi connectivity index (χ3v) is 4.31. The summed E-state index contributed by atoms with van der Waals surface area (Å²) in [5.41, 5.74) is 3.31. The Morgan fingerprint density at radius 3 is 2.81 bits per heavy atom. The molecular formula is C22H20N2O2. The van der Waals surface area contributed by atoms with Crippen LogP contribution in [-0.4, -0.2) is 17.9 Å². The van der Waals surface area contributed by atoms with E-state index in [1.165, 1.54) is 6.08 Å². The number of rotatable bonds is 5. The number of nitrogens with zero attached hydrogens (tertiary/aromatic N) is 2. The molecule has 3 aromatic rings. The van der Waals surface area contributed by atoms with Crippen LogP contribution in [0.2, 0.25) is 0 Å². The van der Waals surface area contributed by atoms with Gasteiger partial charge in [-0.3, -0.25) is 4.79 Å². The molecule has 0 saturated carbocycles. The van der Waals surface area contributed by atoms with Crippen LogP contribution in [-0.2, 0) is 17.8 Å². The van der Waals surface area contributed by atoms with Crippen LogP contribution in [0.15, 0.2) is 59.0 Å². The number of para-hydroxylation sites is 1. The molecule has 0 aliphatic heterocycles. The summed E-state index contributed by atoms with van der Waals surface area (Å²) >= 11 is 0. The number of carbonyl (C=O) groups is 1. The lowest BCUT2D eigenvalue weighted by Gasteiger charge is -2.15. The molecular weight excluding hydrogens is 324 g/mol. The first-order valence-electron chi connectivity index (χ1n) is 8.55. The van der Waals surface area contributed by atoms with Gasteiger partial charge < -0.3 is 9.32 Å². The predicted molar refractivity (Wildman–Crippen MR) is 102 cm³/mol. The molecule has 130 valence electrons. The monoisotopic (exact) mass is 344 g/mol. The van der Waals surface area contributed by atoms with Gasteiger partial charge in [0, 0.05) is 37.0 Å². The minimum absolute atomic E-state index is 0.0975. The Hall–Kier alpha value is -3.32. The van der Waals surface area contributed by atoms with Crippen LogP contribution in [0.25, 0.3) is 17.0 Å². The van der Waals surface area contributed by atoms with E-state index in [1.54, 1.807) is 36.2 Å². The number of hydrogen-bond donors (Lipinski definition) is 0. The van der Waals surface area contributed by atoms with Gasteiger partial charge in [-0.1, -0.05) is 37.3 Å². The van der Waals surface area contributed by atoms with Crippen molar-refractivity contribution in [3.05, 3.63) is 77.1 Å². The van der Waals surface area contributed by atoms with Gasteiger partial charge in [0.2, 0.25) is 5.91 Å². The third kappa shape index (κ3) is 3.68. The highest BCUT2D eigenvalue weighted by Gasteiger charge is 2.16. The van der Waals surface area contributed by atoms with Gasteiger partial charge in [0.05, 0.1) is 11.6 Å². The molecule has 0 aliphatic carbocycles. The molecule has 1 heterocycles. The number of hydrogen-bond acceptors (Lipinski definition) is 3. The van der Waals surface area contributed by atoms with Crippen LogP contribution in [0.4, 0.5) is 0 Å². The van der Waals surface area contributed by atoms with Crippen LogP contribution in [0.1, 0.15) is 29.4 Å². The molecule has 1 aromatic heterocycles. The van der Waals surface area contributed by atoms with Gasteiger partial charge >= 0.3 is 0 Å².